The van der Waals surface area contributed by atoms with Crippen LogP contribution in [-0.4, -0.2) is 47.7 Å². The Hall–Kier alpha value is -1.46. The van der Waals surface area contributed by atoms with E-state index in [-0.39, 0.29) is 23.2 Å². The summed E-state index contributed by atoms with van der Waals surface area (Å²) in [4.78, 5) is 27.3. The van der Waals surface area contributed by atoms with Gasteiger partial charge in [0.05, 0.1) is 0 Å². The largest absolute Gasteiger partial charge is 0.389 e. The first kappa shape index (κ1) is 18.9. The second-order valence-electron chi connectivity index (χ2n) is 6.37. The van der Waals surface area contributed by atoms with E-state index in [4.69, 9.17) is 12.3 Å². The summed E-state index contributed by atoms with van der Waals surface area (Å²) in [5.41, 5.74) is 4.74. The third kappa shape index (κ3) is 4.54. The van der Waals surface area contributed by atoms with E-state index >= 15 is 0 Å². The third-order valence-corrected chi connectivity index (χ3v) is 6.17. The maximum Gasteiger partial charge on any atom is 0.389 e. The van der Waals surface area contributed by atoms with Crippen LogP contribution in [-0.2, 0) is 4.79 Å². The molecule has 24 heavy (non-hydrogen) atoms. The number of unbranched alkanes of at least 4 members (excludes halogenated alkanes) is 3. The fraction of sp³-hybridized carbons (Fsp3) is 0.812. The van der Waals surface area contributed by atoms with Gasteiger partial charge < -0.3 is 16.4 Å². The zero-order valence-electron chi connectivity index (χ0n) is 14.1. The van der Waals surface area contributed by atoms with Crippen molar-refractivity contribution in [2.75, 3.05) is 18.8 Å². The lowest BCUT2D eigenvalue weighted by atomic mass is 9.96. The molecule has 5 N–H and O–H groups in total. The highest BCUT2D eigenvalue weighted by Crippen LogP contribution is 2.42. The molecule has 2 aliphatic rings. The van der Waals surface area contributed by atoms with Crippen LogP contribution in [0.25, 0.3) is 4.85 Å². The minimum atomic E-state index is -0.687. The first-order valence-electron chi connectivity index (χ1n) is 8.71. The molecular weight excluding hydrogens is 326 g/mol. The van der Waals surface area contributed by atoms with Crippen molar-refractivity contribution in [1.82, 2.24) is 16.0 Å². The zero-order valence-corrected chi connectivity index (χ0v) is 14.9. The summed E-state index contributed by atoms with van der Waals surface area (Å²) < 4.78 is 0. The van der Waals surface area contributed by atoms with E-state index in [0.29, 0.717) is 13.0 Å². The number of carbonyl (C=O) groups is 2. The molecular formula is C16H28N5O2S+. The van der Waals surface area contributed by atoms with E-state index in [0.717, 1.165) is 50.8 Å². The number of nitrogens with two attached hydrogens (primary N) is 1. The average molecular weight is 355 g/mol. The number of fused-ring (bicyclic) bond motifs is 1. The molecule has 2 rings (SSSR count). The maximum absolute atomic E-state index is 11.8. The Morgan fingerprint density at radius 2 is 2.21 bits per heavy atom. The average Bonchev–Trinajstić information content (AvgIpc) is 3.06. The monoisotopic (exact) mass is 354 g/mol. The van der Waals surface area contributed by atoms with Gasteiger partial charge in [0.15, 0.2) is 0 Å². The quantitative estimate of drug-likeness (QED) is 0.350. The molecule has 7 nitrogen and oxygen atoms in total. The van der Waals surface area contributed by atoms with Gasteiger partial charge in [-0.1, -0.05) is 17.7 Å². The Bertz CT molecular complexity index is 495. The van der Waals surface area contributed by atoms with Crippen LogP contribution >= 0.6 is 11.8 Å². The van der Waals surface area contributed by atoms with Crippen LogP contribution in [0.2, 0.25) is 0 Å². The minimum absolute atomic E-state index is 0.0400. The van der Waals surface area contributed by atoms with Crippen molar-refractivity contribution >= 4 is 23.7 Å². The summed E-state index contributed by atoms with van der Waals surface area (Å²) in [6.07, 6.45) is 6.21. The molecule has 3 amide bonds. The standard InChI is InChI=1S/C16H27N5O2S/c1-18-16-12(20-15(23)21-16)11-24-13(16)7-3-4-8-14(22)19-10-6-2-5-9-17/h1,12-13H,2-11,17H2,(H2-,19,20,21,22,23)/p+1/t12-,13?,16-/m0/s1. The molecule has 0 radical (unpaired) electrons. The molecule has 0 aromatic carbocycles. The molecule has 0 bridgehead atoms. The number of hydrogen-bond donors (Lipinski definition) is 4. The number of hydrogen-bond acceptors (Lipinski definition) is 4. The van der Waals surface area contributed by atoms with E-state index in [2.05, 4.69) is 20.8 Å². The molecule has 2 heterocycles. The van der Waals surface area contributed by atoms with E-state index < -0.39 is 5.66 Å². The molecule has 2 fully saturated rings. The topological polar surface area (TPSA) is 101 Å². The highest BCUT2D eigenvalue weighted by Gasteiger charge is 2.65. The zero-order chi connectivity index (χ0) is 17.4. The summed E-state index contributed by atoms with van der Waals surface area (Å²) in [5.74, 6) is 0.918. The Kier molecular flexibility index (Phi) is 7.18. The van der Waals surface area contributed by atoms with Crippen molar-refractivity contribution in [1.29, 1.82) is 0 Å². The van der Waals surface area contributed by atoms with Gasteiger partial charge in [-0.05, 0) is 32.2 Å². The first-order chi connectivity index (χ1) is 11.6. The first-order valence-corrected chi connectivity index (χ1v) is 9.76. The molecule has 0 aliphatic carbocycles. The fourth-order valence-corrected chi connectivity index (χ4v) is 4.91. The number of urea groups is 1. The normalized spacial score (nSPS) is 27.9. The summed E-state index contributed by atoms with van der Waals surface area (Å²) in [7, 11) is 0. The Labute approximate surface area is 147 Å². The van der Waals surface area contributed by atoms with Crippen LogP contribution in [0.15, 0.2) is 0 Å². The van der Waals surface area contributed by atoms with Crippen LogP contribution in [0.5, 0.6) is 0 Å². The van der Waals surface area contributed by atoms with Gasteiger partial charge in [-0.15, -0.1) is 11.8 Å². The van der Waals surface area contributed by atoms with E-state index in [1.54, 1.807) is 11.8 Å². The minimum Gasteiger partial charge on any atom is -0.356 e. The number of rotatable bonds is 10. The summed E-state index contributed by atoms with van der Waals surface area (Å²) in [6.45, 7) is 7.03. The molecule has 0 aromatic rings. The van der Waals surface area contributed by atoms with Crippen LogP contribution in [0, 0.1) is 6.57 Å². The van der Waals surface area contributed by atoms with Crippen molar-refractivity contribution in [2.45, 2.75) is 61.9 Å². The predicted octanol–water partition coefficient (Wildman–Crippen LogP) is 1.25. The summed E-state index contributed by atoms with van der Waals surface area (Å²) in [6, 6.07) is -0.240. The summed E-state index contributed by atoms with van der Waals surface area (Å²) in [5, 5.41) is 8.84. The van der Waals surface area contributed by atoms with Crippen molar-refractivity contribution in [3.63, 3.8) is 0 Å². The van der Waals surface area contributed by atoms with Crippen LogP contribution < -0.4 is 21.7 Å². The van der Waals surface area contributed by atoms with Crippen LogP contribution in [0.1, 0.15) is 44.9 Å². The van der Waals surface area contributed by atoms with Gasteiger partial charge in [0.2, 0.25) is 5.91 Å². The maximum atomic E-state index is 11.8. The van der Waals surface area contributed by atoms with Gasteiger partial charge in [-0.25, -0.2) is 4.79 Å². The van der Waals surface area contributed by atoms with Crippen molar-refractivity contribution < 1.29 is 9.59 Å². The van der Waals surface area contributed by atoms with Gasteiger partial charge in [0.1, 0.15) is 11.3 Å². The van der Waals surface area contributed by atoms with Crippen molar-refractivity contribution in [3.05, 3.63) is 4.85 Å². The van der Waals surface area contributed by atoms with Gasteiger partial charge in [-0.3, -0.25) is 10.1 Å². The molecule has 1 unspecified atom stereocenters. The molecule has 3 atom stereocenters. The Balaban J connectivity index is 1.62. The highest BCUT2D eigenvalue weighted by molar-refractivity contribution is 8.00. The molecule has 8 heteroatoms. The van der Waals surface area contributed by atoms with Crippen molar-refractivity contribution in [3.8, 4) is 6.57 Å². The van der Waals surface area contributed by atoms with E-state index in [1.807, 2.05) is 0 Å². The lowest BCUT2D eigenvalue weighted by Gasteiger charge is -2.17. The number of amides is 3. The van der Waals surface area contributed by atoms with E-state index in [9.17, 15) is 9.59 Å². The number of carbonyl (C=O) groups excluding carboxylic acids is 2. The second-order valence-corrected chi connectivity index (χ2v) is 7.61. The Morgan fingerprint density at radius 1 is 1.38 bits per heavy atom. The fourth-order valence-electron chi connectivity index (χ4n) is 3.27. The number of thioether (sulfide) groups is 1. The summed E-state index contributed by atoms with van der Waals surface area (Å²) >= 11 is 1.78. The van der Waals surface area contributed by atoms with Crippen LogP contribution in [0.4, 0.5) is 4.79 Å². The molecule has 0 saturated carbocycles. The SMILES string of the molecule is C#[N+][C@]12NC(=O)N[C@H]1CSC2CCCCC(=O)NCCCCCN. The molecule has 134 valence electrons. The van der Waals surface area contributed by atoms with Gasteiger partial charge >= 0.3 is 11.7 Å². The van der Waals surface area contributed by atoms with Gasteiger partial charge in [-0.2, -0.15) is 0 Å². The smallest absolute Gasteiger partial charge is 0.356 e. The second kappa shape index (κ2) is 9.14. The molecule has 2 saturated heterocycles. The highest BCUT2D eigenvalue weighted by atomic mass is 32.2. The molecule has 0 spiro atoms. The third-order valence-electron chi connectivity index (χ3n) is 4.64. The molecule has 0 aromatic heterocycles. The number of nitrogens with zero attached hydrogens (tertiary/aromatic N) is 1. The lowest BCUT2D eigenvalue weighted by Crippen LogP contribution is -2.50. The van der Waals surface area contributed by atoms with Crippen LogP contribution in [0.3, 0.4) is 0 Å². The lowest BCUT2D eigenvalue weighted by molar-refractivity contribution is -0.121. The predicted molar refractivity (Wildman–Crippen MR) is 97.1 cm³/mol. The Morgan fingerprint density at radius 3 is 2.96 bits per heavy atom. The van der Waals surface area contributed by atoms with Gasteiger partial charge in [0, 0.05) is 18.7 Å². The molecule has 2 aliphatic heterocycles. The van der Waals surface area contributed by atoms with Gasteiger partial charge in [0.25, 0.3) is 6.57 Å². The van der Waals surface area contributed by atoms with E-state index in [1.165, 1.54) is 0 Å². The van der Waals surface area contributed by atoms with Crippen molar-refractivity contribution in [2.24, 2.45) is 5.73 Å². The number of nitrogens with one attached hydrogen (secondary N) is 3.